The second kappa shape index (κ2) is 2.85. The van der Waals surface area contributed by atoms with Gasteiger partial charge in [0.15, 0.2) is 0 Å². The summed E-state index contributed by atoms with van der Waals surface area (Å²) in [5.41, 5.74) is 1.13. The Bertz CT molecular complexity index is 120. The molecule has 2 nitrogen and oxygen atoms in total. The fourth-order valence-electron chi connectivity index (χ4n) is 1.05. The molecule has 0 radical (unpaired) electrons. The summed E-state index contributed by atoms with van der Waals surface area (Å²) in [6, 6.07) is 0. The first-order valence-electron chi connectivity index (χ1n) is 3.52. The van der Waals surface area contributed by atoms with Crippen molar-refractivity contribution < 1.29 is 4.84 Å². The van der Waals surface area contributed by atoms with Gasteiger partial charge in [-0.15, -0.1) is 0 Å². The average molecular weight is 127 g/mol. The van der Waals surface area contributed by atoms with E-state index in [1.807, 2.05) is 6.92 Å². The topological polar surface area (TPSA) is 21.6 Å². The largest absolute Gasteiger partial charge is 0.392 e. The van der Waals surface area contributed by atoms with E-state index >= 15 is 0 Å². The van der Waals surface area contributed by atoms with Crippen LogP contribution in [0.1, 0.15) is 33.1 Å². The monoisotopic (exact) mass is 127 g/mol. The number of rotatable bonds is 2. The van der Waals surface area contributed by atoms with E-state index in [1.54, 1.807) is 0 Å². The van der Waals surface area contributed by atoms with Crippen LogP contribution < -0.4 is 0 Å². The molecule has 0 aromatic heterocycles. The quantitative estimate of drug-likeness (QED) is 0.555. The van der Waals surface area contributed by atoms with Crippen molar-refractivity contribution in [3.8, 4) is 0 Å². The summed E-state index contributed by atoms with van der Waals surface area (Å²) in [5.74, 6) is 0. The van der Waals surface area contributed by atoms with Gasteiger partial charge in [-0.2, -0.15) is 0 Å². The third-order valence-corrected chi connectivity index (χ3v) is 1.49. The van der Waals surface area contributed by atoms with Crippen LogP contribution in [0.2, 0.25) is 0 Å². The number of nitrogens with zero attached hydrogens (tertiary/aromatic N) is 1. The first-order valence-corrected chi connectivity index (χ1v) is 3.52. The molecular weight excluding hydrogens is 114 g/mol. The lowest BCUT2D eigenvalue weighted by molar-refractivity contribution is 0.0786. The molecule has 0 saturated carbocycles. The molecule has 0 aromatic carbocycles. The highest BCUT2D eigenvalue weighted by atomic mass is 16.6. The van der Waals surface area contributed by atoms with Crippen LogP contribution in [-0.4, -0.2) is 11.8 Å². The van der Waals surface area contributed by atoms with E-state index in [0.717, 1.165) is 18.6 Å². The summed E-state index contributed by atoms with van der Waals surface area (Å²) in [6.45, 7) is 4.17. The molecule has 52 valence electrons. The Labute approximate surface area is 55.9 Å². The third-order valence-electron chi connectivity index (χ3n) is 1.49. The van der Waals surface area contributed by atoms with Gasteiger partial charge in [-0.05, 0) is 13.3 Å². The molecule has 1 atom stereocenters. The van der Waals surface area contributed by atoms with Crippen molar-refractivity contribution >= 4 is 5.71 Å². The second-order valence-electron chi connectivity index (χ2n) is 2.55. The molecule has 1 rings (SSSR count). The van der Waals surface area contributed by atoms with E-state index in [0.29, 0.717) is 6.10 Å². The first-order chi connectivity index (χ1) is 4.33. The lowest BCUT2D eigenvalue weighted by Crippen LogP contribution is -2.04. The standard InChI is InChI=1S/C7H13NO/c1-3-4-7-5-6(2)8-9-7/h7H,3-5H2,1-2H3/t7-/m1/s1. The molecule has 0 fully saturated rings. The van der Waals surface area contributed by atoms with E-state index in [9.17, 15) is 0 Å². The Balaban J connectivity index is 2.21. The van der Waals surface area contributed by atoms with Crippen LogP contribution in [0.3, 0.4) is 0 Å². The van der Waals surface area contributed by atoms with Crippen molar-refractivity contribution in [1.29, 1.82) is 0 Å². The van der Waals surface area contributed by atoms with Gasteiger partial charge in [0.05, 0.1) is 5.71 Å². The van der Waals surface area contributed by atoms with Crippen LogP contribution in [0.15, 0.2) is 5.16 Å². The first kappa shape index (κ1) is 6.59. The van der Waals surface area contributed by atoms with E-state index in [4.69, 9.17) is 4.84 Å². The smallest absolute Gasteiger partial charge is 0.132 e. The van der Waals surface area contributed by atoms with Crippen LogP contribution in [0.25, 0.3) is 0 Å². The Morgan fingerprint density at radius 3 is 3.00 bits per heavy atom. The van der Waals surface area contributed by atoms with Gasteiger partial charge in [-0.25, -0.2) is 0 Å². The average Bonchev–Trinajstić information content (AvgIpc) is 2.17. The van der Waals surface area contributed by atoms with Gasteiger partial charge in [0.1, 0.15) is 6.10 Å². The van der Waals surface area contributed by atoms with Crippen LogP contribution in [0, 0.1) is 0 Å². The van der Waals surface area contributed by atoms with Crippen molar-refractivity contribution in [3.63, 3.8) is 0 Å². The molecule has 9 heavy (non-hydrogen) atoms. The molecule has 0 bridgehead atoms. The van der Waals surface area contributed by atoms with Crippen LogP contribution in [-0.2, 0) is 4.84 Å². The van der Waals surface area contributed by atoms with Gasteiger partial charge in [-0.1, -0.05) is 18.5 Å². The fraction of sp³-hybridized carbons (Fsp3) is 0.857. The van der Waals surface area contributed by atoms with Gasteiger partial charge < -0.3 is 4.84 Å². The third kappa shape index (κ3) is 1.70. The lowest BCUT2D eigenvalue weighted by atomic mass is 10.1. The van der Waals surface area contributed by atoms with Crippen LogP contribution >= 0.6 is 0 Å². The van der Waals surface area contributed by atoms with Gasteiger partial charge in [0.25, 0.3) is 0 Å². The molecule has 0 N–H and O–H groups in total. The van der Waals surface area contributed by atoms with Gasteiger partial charge >= 0.3 is 0 Å². The zero-order chi connectivity index (χ0) is 6.69. The zero-order valence-corrected chi connectivity index (χ0v) is 6.05. The summed E-state index contributed by atoms with van der Waals surface area (Å²) in [6.07, 6.45) is 3.75. The Morgan fingerprint density at radius 2 is 2.56 bits per heavy atom. The van der Waals surface area contributed by atoms with Crippen LogP contribution in [0.5, 0.6) is 0 Å². The maximum atomic E-state index is 5.09. The zero-order valence-electron chi connectivity index (χ0n) is 6.05. The normalized spacial score (nSPS) is 25.6. The maximum absolute atomic E-state index is 5.09. The molecule has 0 aliphatic carbocycles. The predicted molar refractivity (Wildman–Crippen MR) is 37.5 cm³/mol. The van der Waals surface area contributed by atoms with Crippen molar-refractivity contribution in [2.24, 2.45) is 5.16 Å². The Morgan fingerprint density at radius 1 is 1.78 bits per heavy atom. The molecular formula is C7H13NO. The minimum atomic E-state index is 0.384. The van der Waals surface area contributed by atoms with Crippen molar-refractivity contribution in [2.75, 3.05) is 0 Å². The summed E-state index contributed by atoms with van der Waals surface area (Å²) >= 11 is 0. The van der Waals surface area contributed by atoms with E-state index in [2.05, 4.69) is 12.1 Å². The van der Waals surface area contributed by atoms with Gasteiger partial charge in [0, 0.05) is 6.42 Å². The van der Waals surface area contributed by atoms with Crippen LogP contribution in [0.4, 0.5) is 0 Å². The molecule has 2 heteroatoms. The molecule has 1 aliphatic heterocycles. The van der Waals surface area contributed by atoms with E-state index in [-0.39, 0.29) is 0 Å². The highest BCUT2D eigenvalue weighted by Crippen LogP contribution is 2.14. The highest BCUT2D eigenvalue weighted by Gasteiger charge is 2.15. The predicted octanol–water partition coefficient (Wildman–Crippen LogP) is 1.95. The Hall–Kier alpha value is -0.530. The molecule has 0 amide bonds. The molecule has 0 spiro atoms. The van der Waals surface area contributed by atoms with Gasteiger partial charge in [-0.3, -0.25) is 0 Å². The molecule has 1 aliphatic rings. The molecule has 0 saturated heterocycles. The number of oxime groups is 1. The van der Waals surface area contributed by atoms with Crippen molar-refractivity contribution in [1.82, 2.24) is 0 Å². The van der Waals surface area contributed by atoms with Crippen molar-refractivity contribution in [3.05, 3.63) is 0 Å². The second-order valence-corrected chi connectivity index (χ2v) is 2.55. The summed E-state index contributed by atoms with van der Waals surface area (Å²) < 4.78 is 0. The van der Waals surface area contributed by atoms with Crippen molar-refractivity contribution in [2.45, 2.75) is 39.2 Å². The van der Waals surface area contributed by atoms with E-state index in [1.165, 1.54) is 6.42 Å². The van der Waals surface area contributed by atoms with E-state index < -0.39 is 0 Å². The fourth-order valence-corrected chi connectivity index (χ4v) is 1.05. The van der Waals surface area contributed by atoms with Gasteiger partial charge in [0.2, 0.25) is 0 Å². The summed E-state index contributed by atoms with van der Waals surface area (Å²) in [5, 5.41) is 3.85. The minimum Gasteiger partial charge on any atom is -0.392 e. The number of hydrogen-bond donors (Lipinski definition) is 0. The molecule has 0 aromatic rings. The SMILES string of the molecule is CCC[C@@H]1CC(C)=NO1. The minimum absolute atomic E-state index is 0.384. The Kier molecular flexibility index (Phi) is 2.09. The highest BCUT2D eigenvalue weighted by molar-refractivity contribution is 5.82. The maximum Gasteiger partial charge on any atom is 0.132 e. The lowest BCUT2D eigenvalue weighted by Gasteiger charge is -2.03. The summed E-state index contributed by atoms with van der Waals surface area (Å²) in [7, 11) is 0. The number of hydrogen-bond acceptors (Lipinski definition) is 2. The summed E-state index contributed by atoms with van der Waals surface area (Å²) in [4.78, 5) is 5.09. The molecule has 1 heterocycles. The molecule has 0 unspecified atom stereocenters.